The van der Waals surface area contributed by atoms with Gasteiger partial charge >= 0.3 is 5.97 Å². The van der Waals surface area contributed by atoms with E-state index in [0.29, 0.717) is 28.7 Å². The number of aryl methyl sites for hydroxylation is 1. The minimum Gasteiger partial charge on any atom is -0.462 e. The number of hydrogen-bond acceptors (Lipinski definition) is 5. The van der Waals surface area contributed by atoms with Gasteiger partial charge in [-0.1, -0.05) is 41.7 Å². The molecule has 2 heterocycles. The molecule has 2 aromatic heterocycles. The van der Waals surface area contributed by atoms with E-state index in [2.05, 4.69) is 10.3 Å². The fourth-order valence-corrected chi connectivity index (χ4v) is 3.61. The van der Waals surface area contributed by atoms with Gasteiger partial charge in [0.2, 0.25) is 5.91 Å². The summed E-state index contributed by atoms with van der Waals surface area (Å²) in [4.78, 5) is 29.6. The molecule has 0 saturated heterocycles. The number of thiazole rings is 1. The van der Waals surface area contributed by atoms with Gasteiger partial charge in [-0.15, -0.1) is 0 Å². The largest absolute Gasteiger partial charge is 0.462 e. The predicted octanol–water partition coefficient (Wildman–Crippen LogP) is 3.85. The maximum Gasteiger partial charge on any atom is 0.350 e. The zero-order valence-corrected chi connectivity index (χ0v) is 16.0. The topological polar surface area (TPSA) is 73.2 Å². The van der Waals surface area contributed by atoms with E-state index in [1.165, 1.54) is 0 Å². The van der Waals surface area contributed by atoms with Gasteiger partial charge in [0.05, 0.1) is 12.3 Å². The number of carbonyl (C=O) groups excluding carboxylic acids is 2. The van der Waals surface area contributed by atoms with Gasteiger partial charge in [-0.3, -0.25) is 4.79 Å². The van der Waals surface area contributed by atoms with Gasteiger partial charge in [0, 0.05) is 18.8 Å². The first-order chi connectivity index (χ1) is 13.1. The molecule has 0 aliphatic rings. The van der Waals surface area contributed by atoms with E-state index in [9.17, 15) is 9.59 Å². The Morgan fingerprint density at radius 1 is 1.19 bits per heavy atom. The van der Waals surface area contributed by atoms with Crippen molar-refractivity contribution >= 4 is 28.3 Å². The second-order valence-electron chi connectivity index (χ2n) is 5.98. The molecule has 0 spiro atoms. The van der Waals surface area contributed by atoms with Crippen LogP contribution in [-0.4, -0.2) is 28.0 Å². The molecule has 0 aliphatic heterocycles. The average molecular weight is 383 g/mol. The Morgan fingerprint density at radius 3 is 2.56 bits per heavy atom. The highest BCUT2D eigenvalue weighted by Gasteiger charge is 2.23. The fourth-order valence-electron chi connectivity index (χ4n) is 2.75. The van der Waals surface area contributed by atoms with Crippen molar-refractivity contribution in [2.75, 3.05) is 11.9 Å². The lowest BCUT2D eigenvalue weighted by molar-refractivity contribution is -0.119. The molecule has 0 aliphatic carbocycles. The van der Waals surface area contributed by atoms with Crippen molar-refractivity contribution in [1.82, 2.24) is 9.55 Å². The third kappa shape index (κ3) is 4.62. The molecular formula is C20H21N3O3S. The van der Waals surface area contributed by atoms with Crippen molar-refractivity contribution in [2.45, 2.75) is 26.3 Å². The first-order valence-corrected chi connectivity index (χ1v) is 9.52. The van der Waals surface area contributed by atoms with Crippen LogP contribution in [-0.2, 0) is 16.0 Å². The van der Waals surface area contributed by atoms with Crippen LogP contribution in [0.25, 0.3) is 0 Å². The number of rotatable bonds is 7. The number of ether oxygens (including phenoxy) is 1. The quantitative estimate of drug-likeness (QED) is 0.629. The number of aromatic nitrogens is 2. The number of hydrogen-bond donors (Lipinski definition) is 1. The number of nitrogens with one attached hydrogen (secondary N) is 1. The first-order valence-electron chi connectivity index (χ1n) is 8.70. The first kappa shape index (κ1) is 18.8. The fraction of sp³-hybridized carbons (Fsp3) is 0.250. The molecule has 0 unspecified atom stereocenters. The molecule has 3 rings (SSSR count). The van der Waals surface area contributed by atoms with Gasteiger partial charge in [-0.2, -0.15) is 0 Å². The predicted molar refractivity (Wildman–Crippen MR) is 105 cm³/mol. The Kier molecular flexibility index (Phi) is 6.03. The summed E-state index contributed by atoms with van der Waals surface area (Å²) in [6.07, 6.45) is 4.28. The van der Waals surface area contributed by atoms with Crippen LogP contribution in [0.5, 0.6) is 0 Å². The van der Waals surface area contributed by atoms with Crippen molar-refractivity contribution in [3.63, 3.8) is 0 Å². The lowest BCUT2D eigenvalue weighted by Crippen LogP contribution is -2.27. The number of amides is 1. The number of benzene rings is 1. The van der Waals surface area contributed by atoms with E-state index < -0.39 is 12.0 Å². The number of nitrogens with zero attached hydrogens (tertiary/aromatic N) is 2. The molecule has 7 heteroatoms. The van der Waals surface area contributed by atoms with Crippen LogP contribution >= 0.6 is 11.3 Å². The summed E-state index contributed by atoms with van der Waals surface area (Å²) in [6, 6.07) is 13.2. The van der Waals surface area contributed by atoms with Crippen molar-refractivity contribution in [2.24, 2.45) is 0 Å². The molecular weight excluding hydrogens is 362 g/mol. The van der Waals surface area contributed by atoms with E-state index in [4.69, 9.17) is 4.74 Å². The van der Waals surface area contributed by atoms with Gasteiger partial charge in [0.15, 0.2) is 5.13 Å². The van der Waals surface area contributed by atoms with Crippen LogP contribution in [0.15, 0.2) is 54.9 Å². The number of esters is 1. The molecule has 0 saturated carbocycles. The minimum atomic E-state index is -0.419. The summed E-state index contributed by atoms with van der Waals surface area (Å²) in [5.41, 5.74) is 1.61. The van der Waals surface area contributed by atoms with Crippen molar-refractivity contribution < 1.29 is 14.3 Å². The lowest BCUT2D eigenvalue weighted by Gasteiger charge is -2.18. The third-order valence-corrected chi connectivity index (χ3v) is 5.10. The maximum absolute atomic E-state index is 13.0. The Hall–Kier alpha value is -2.93. The van der Waals surface area contributed by atoms with Gasteiger partial charge in [-0.25, -0.2) is 9.78 Å². The second kappa shape index (κ2) is 8.64. The van der Waals surface area contributed by atoms with E-state index in [0.717, 1.165) is 16.9 Å². The highest BCUT2D eigenvalue weighted by Crippen LogP contribution is 2.25. The number of anilines is 1. The summed E-state index contributed by atoms with van der Waals surface area (Å²) < 4.78 is 6.90. The van der Waals surface area contributed by atoms with Gasteiger partial charge in [-0.05, 0) is 31.5 Å². The highest BCUT2D eigenvalue weighted by molar-refractivity contribution is 7.17. The van der Waals surface area contributed by atoms with Gasteiger partial charge in [0.25, 0.3) is 0 Å². The van der Waals surface area contributed by atoms with Crippen LogP contribution in [0.2, 0.25) is 0 Å². The Balaban J connectivity index is 1.79. The molecule has 1 N–H and O–H groups in total. The van der Waals surface area contributed by atoms with Crippen LogP contribution in [0, 0.1) is 6.92 Å². The summed E-state index contributed by atoms with van der Waals surface area (Å²) in [6.45, 7) is 3.78. The molecule has 1 amide bonds. The summed E-state index contributed by atoms with van der Waals surface area (Å²) in [7, 11) is 0. The molecule has 0 fully saturated rings. The summed E-state index contributed by atoms with van der Waals surface area (Å²) >= 11 is 1.13. The Morgan fingerprint density at radius 2 is 1.89 bits per heavy atom. The van der Waals surface area contributed by atoms with Crippen molar-refractivity contribution in [3.8, 4) is 0 Å². The normalized spacial score (nSPS) is 11.8. The summed E-state index contributed by atoms with van der Waals surface area (Å²) in [5, 5.41) is 3.24. The van der Waals surface area contributed by atoms with Crippen LogP contribution in [0.3, 0.4) is 0 Å². The number of carbonyl (C=O) groups is 2. The Labute approximate surface area is 161 Å². The molecule has 0 radical (unpaired) electrons. The van der Waals surface area contributed by atoms with Crippen LogP contribution < -0.4 is 5.32 Å². The van der Waals surface area contributed by atoms with Crippen LogP contribution in [0.1, 0.15) is 33.9 Å². The molecule has 0 bridgehead atoms. The maximum atomic E-state index is 13.0. The molecule has 6 nitrogen and oxygen atoms in total. The molecule has 1 atom stereocenters. The SMILES string of the molecule is CCOC(=O)c1sc(NC(=O)[C@@H](Cc2ccccc2)n2cccc2)nc1C. The minimum absolute atomic E-state index is 0.181. The Bertz CT molecular complexity index is 904. The van der Waals surface area contributed by atoms with E-state index in [1.54, 1.807) is 13.8 Å². The van der Waals surface area contributed by atoms with Gasteiger partial charge in [0.1, 0.15) is 10.9 Å². The third-order valence-electron chi connectivity index (χ3n) is 4.05. The molecule has 1 aromatic carbocycles. The van der Waals surface area contributed by atoms with Crippen molar-refractivity contribution in [1.29, 1.82) is 0 Å². The van der Waals surface area contributed by atoms with Crippen LogP contribution in [0.4, 0.5) is 5.13 Å². The summed E-state index contributed by atoms with van der Waals surface area (Å²) in [5.74, 6) is -0.599. The smallest absolute Gasteiger partial charge is 0.350 e. The average Bonchev–Trinajstić information content (AvgIpc) is 3.30. The molecule has 140 valence electrons. The standard InChI is InChI=1S/C20H21N3O3S/c1-3-26-19(25)17-14(2)21-20(27-17)22-18(24)16(23-11-7-8-12-23)13-15-9-5-4-6-10-15/h4-12,16H,3,13H2,1-2H3,(H,21,22,24)/t16-/m1/s1. The highest BCUT2D eigenvalue weighted by atomic mass is 32.1. The molecule has 27 heavy (non-hydrogen) atoms. The lowest BCUT2D eigenvalue weighted by atomic mass is 10.1. The monoisotopic (exact) mass is 383 g/mol. The van der Waals surface area contributed by atoms with Crippen molar-refractivity contribution in [3.05, 3.63) is 71.0 Å². The van der Waals surface area contributed by atoms with E-state index >= 15 is 0 Å². The van der Waals surface area contributed by atoms with E-state index in [1.807, 2.05) is 59.4 Å². The van der Waals surface area contributed by atoms with Gasteiger partial charge < -0.3 is 14.6 Å². The molecule has 3 aromatic rings. The zero-order chi connectivity index (χ0) is 19.2. The van der Waals surface area contributed by atoms with E-state index in [-0.39, 0.29) is 5.91 Å². The second-order valence-corrected chi connectivity index (χ2v) is 6.98. The zero-order valence-electron chi connectivity index (χ0n) is 15.2.